The Morgan fingerprint density at radius 3 is 2.57 bits per heavy atom. The number of rotatable bonds is 7. The summed E-state index contributed by atoms with van der Waals surface area (Å²) < 4.78 is 14.8. The number of aromatic nitrogens is 3. The van der Waals surface area contributed by atoms with Gasteiger partial charge in [0, 0.05) is 12.6 Å². The van der Waals surface area contributed by atoms with E-state index in [0.717, 1.165) is 24.4 Å². The Kier molecular flexibility index (Phi) is 5.44. The Bertz CT molecular complexity index is 548. The van der Waals surface area contributed by atoms with Gasteiger partial charge >= 0.3 is 0 Å². The quantitative estimate of drug-likeness (QED) is 0.852. The minimum absolute atomic E-state index is 0.193. The number of nitrogens with one attached hydrogen (secondary N) is 1. The van der Waals surface area contributed by atoms with Crippen molar-refractivity contribution in [1.82, 2.24) is 20.1 Å². The van der Waals surface area contributed by atoms with Gasteiger partial charge in [0.2, 0.25) is 0 Å². The van der Waals surface area contributed by atoms with Crippen molar-refractivity contribution in [2.45, 2.75) is 46.3 Å². The summed E-state index contributed by atoms with van der Waals surface area (Å²) in [6, 6.07) is 6.95. The van der Waals surface area contributed by atoms with Crippen LogP contribution in [0.5, 0.6) is 0 Å². The van der Waals surface area contributed by atoms with Gasteiger partial charge in [-0.1, -0.05) is 26.0 Å². The van der Waals surface area contributed by atoms with Crippen LogP contribution in [-0.4, -0.2) is 20.8 Å². The fraction of sp³-hybridized carbons (Fsp3) is 0.500. The van der Waals surface area contributed by atoms with Crippen LogP contribution in [0.15, 0.2) is 30.6 Å². The van der Waals surface area contributed by atoms with E-state index in [1.165, 1.54) is 12.1 Å². The van der Waals surface area contributed by atoms with E-state index in [9.17, 15) is 4.39 Å². The van der Waals surface area contributed by atoms with Crippen LogP contribution in [0.3, 0.4) is 0 Å². The molecule has 0 aliphatic rings. The van der Waals surface area contributed by atoms with Crippen LogP contribution >= 0.6 is 0 Å². The van der Waals surface area contributed by atoms with E-state index in [1.807, 2.05) is 16.8 Å². The van der Waals surface area contributed by atoms with Crippen molar-refractivity contribution in [2.24, 2.45) is 5.92 Å². The molecule has 0 fully saturated rings. The van der Waals surface area contributed by atoms with E-state index in [-0.39, 0.29) is 5.82 Å². The number of nitrogens with zero attached hydrogens (tertiary/aromatic N) is 3. The molecule has 5 heteroatoms. The zero-order chi connectivity index (χ0) is 15.2. The van der Waals surface area contributed by atoms with Gasteiger partial charge in [0.05, 0.1) is 6.54 Å². The molecule has 1 heterocycles. The first kappa shape index (κ1) is 15.6. The maximum atomic E-state index is 12.9. The highest BCUT2D eigenvalue weighted by molar-refractivity contribution is 5.17. The predicted octanol–water partition coefficient (Wildman–Crippen LogP) is 2.79. The van der Waals surface area contributed by atoms with Gasteiger partial charge in [-0.05, 0) is 37.0 Å². The SMILES string of the molecule is CC(C)Cn1ncnc1CNC(C)Cc1ccc(F)cc1. The fourth-order valence-corrected chi connectivity index (χ4v) is 2.24. The monoisotopic (exact) mass is 290 g/mol. The molecule has 1 N–H and O–H groups in total. The zero-order valence-electron chi connectivity index (χ0n) is 12.9. The summed E-state index contributed by atoms with van der Waals surface area (Å²) in [6.07, 6.45) is 2.46. The van der Waals surface area contributed by atoms with E-state index in [1.54, 1.807) is 6.33 Å². The summed E-state index contributed by atoms with van der Waals surface area (Å²) >= 11 is 0. The van der Waals surface area contributed by atoms with Gasteiger partial charge in [-0.15, -0.1) is 0 Å². The lowest BCUT2D eigenvalue weighted by Crippen LogP contribution is -2.29. The van der Waals surface area contributed by atoms with Gasteiger partial charge in [0.15, 0.2) is 0 Å². The second-order valence-electron chi connectivity index (χ2n) is 5.86. The number of halogens is 1. The molecular weight excluding hydrogens is 267 g/mol. The van der Waals surface area contributed by atoms with Crippen LogP contribution in [0.1, 0.15) is 32.2 Å². The lowest BCUT2D eigenvalue weighted by molar-refractivity contribution is 0.446. The third-order valence-corrected chi connectivity index (χ3v) is 3.30. The molecule has 1 aromatic carbocycles. The Balaban J connectivity index is 1.85. The highest BCUT2D eigenvalue weighted by atomic mass is 19.1. The van der Waals surface area contributed by atoms with E-state index in [0.29, 0.717) is 18.5 Å². The van der Waals surface area contributed by atoms with Crippen molar-refractivity contribution < 1.29 is 4.39 Å². The van der Waals surface area contributed by atoms with Crippen LogP contribution < -0.4 is 5.32 Å². The van der Waals surface area contributed by atoms with Crippen LogP contribution in [0.4, 0.5) is 4.39 Å². The number of hydrogen-bond acceptors (Lipinski definition) is 3. The average molecular weight is 290 g/mol. The van der Waals surface area contributed by atoms with E-state index in [4.69, 9.17) is 0 Å². The van der Waals surface area contributed by atoms with E-state index in [2.05, 4.69) is 36.2 Å². The number of hydrogen-bond donors (Lipinski definition) is 1. The first-order valence-electron chi connectivity index (χ1n) is 7.39. The van der Waals surface area contributed by atoms with Gasteiger partial charge in [0.25, 0.3) is 0 Å². The van der Waals surface area contributed by atoms with Crippen molar-refractivity contribution >= 4 is 0 Å². The highest BCUT2D eigenvalue weighted by Crippen LogP contribution is 2.07. The van der Waals surface area contributed by atoms with Crippen LogP contribution in [0, 0.1) is 11.7 Å². The molecule has 0 radical (unpaired) electrons. The Morgan fingerprint density at radius 1 is 1.19 bits per heavy atom. The molecule has 1 atom stereocenters. The molecule has 0 spiro atoms. The normalized spacial score (nSPS) is 12.8. The molecule has 2 rings (SSSR count). The highest BCUT2D eigenvalue weighted by Gasteiger charge is 2.08. The summed E-state index contributed by atoms with van der Waals surface area (Å²) in [4.78, 5) is 4.30. The van der Waals surface area contributed by atoms with Gasteiger partial charge < -0.3 is 5.32 Å². The Hall–Kier alpha value is -1.75. The third-order valence-electron chi connectivity index (χ3n) is 3.30. The molecule has 0 saturated heterocycles. The molecule has 4 nitrogen and oxygen atoms in total. The van der Waals surface area contributed by atoms with E-state index >= 15 is 0 Å². The molecule has 0 saturated carbocycles. The molecule has 0 amide bonds. The Morgan fingerprint density at radius 2 is 1.90 bits per heavy atom. The van der Waals surface area contributed by atoms with Gasteiger partial charge in [-0.3, -0.25) is 0 Å². The first-order chi connectivity index (χ1) is 10.0. The van der Waals surface area contributed by atoms with Gasteiger partial charge in [-0.2, -0.15) is 5.10 Å². The molecule has 114 valence electrons. The molecule has 0 bridgehead atoms. The van der Waals surface area contributed by atoms with Crippen molar-refractivity contribution in [3.05, 3.63) is 47.8 Å². The zero-order valence-corrected chi connectivity index (χ0v) is 12.9. The largest absolute Gasteiger partial charge is 0.307 e. The standard InChI is InChI=1S/C16H23FN4/c1-12(2)10-21-16(19-11-20-21)9-18-13(3)8-14-4-6-15(17)7-5-14/h4-7,11-13,18H,8-10H2,1-3H3. The Labute approximate surface area is 125 Å². The van der Waals surface area contributed by atoms with Crippen LogP contribution in [0.2, 0.25) is 0 Å². The summed E-state index contributed by atoms with van der Waals surface area (Å²) in [5, 5.41) is 7.70. The second kappa shape index (κ2) is 7.31. The summed E-state index contributed by atoms with van der Waals surface area (Å²) in [6.45, 7) is 8.01. The molecule has 0 aliphatic heterocycles. The molecular formula is C16H23FN4. The van der Waals surface area contributed by atoms with Crippen molar-refractivity contribution in [3.8, 4) is 0 Å². The molecule has 1 unspecified atom stereocenters. The van der Waals surface area contributed by atoms with Gasteiger partial charge in [0.1, 0.15) is 18.0 Å². The van der Waals surface area contributed by atoms with Crippen LogP contribution in [-0.2, 0) is 19.5 Å². The minimum atomic E-state index is -0.193. The average Bonchev–Trinajstić information content (AvgIpc) is 2.85. The molecule has 2 aromatic rings. The smallest absolute Gasteiger partial charge is 0.140 e. The maximum absolute atomic E-state index is 12.9. The van der Waals surface area contributed by atoms with Crippen molar-refractivity contribution in [2.75, 3.05) is 0 Å². The maximum Gasteiger partial charge on any atom is 0.140 e. The molecule has 21 heavy (non-hydrogen) atoms. The summed E-state index contributed by atoms with van der Waals surface area (Å²) in [5.74, 6) is 1.30. The first-order valence-corrected chi connectivity index (χ1v) is 7.39. The van der Waals surface area contributed by atoms with Crippen LogP contribution in [0.25, 0.3) is 0 Å². The summed E-state index contributed by atoms with van der Waals surface area (Å²) in [7, 11) is 0. The minimum Gasteiger partial charge on any atom is -0.307 e. The van der Waals surface area contributed by atoms with Crippen molar-refractivity contribution in [3.63, 3.8) is 0 Å². The van der Waals surface area contributed by atoms with E-state index < -0.39 is 0 Å². The second-order valence-corrected chi connectivity index (χ2v) is 5.86. The number of benzene rings is 1. The predicted molar refractivity (Wildman–Crippen MR) is 81.3 cm³/mol. The van der Waals surface area contributed by atoms with Gasteiger partial charge in [-0.25, -0.2) is 14.1 Å². The fourth-order valence-electron chi connectivity index (χ4n) is 2.24. The summed E-state index contributed by atoms with van der Waals surface area (Å²) in [5.41, 5.74) is 1.13. The third kappa shape index (κ3) is 4.93. The van der Waals surface area contributed by atoms with Crippen molar-refractivity contribution in [1.29, 1.82) is 0 Å². The topological polar surface area (TPSA) is 42.7 Å². The molecule has 1 aromatic heterocycles. The molecule has 0 aliphatic carbocycles. The lowest BCUT2D eigenvalue weighted by atomic mass is 10.1. The lowest BCUT2D eigenvalue weighted by Gasteiger charge is -2.14.